The highest BCUT2D eigenvalue weighted by molar-refractivity contribution is 5.76. The Hall–Kier alpha value is -1.86. The van der Waals surface area contributed by atoms with E-state index in [1.165, 1.54) is 263 Å². The topological polar surface area (TPSA) is 175 Å². The number of allylic oxidation sites excluding steroid dienone is 3. The van der Waals surface area contributed by atoms with Crippen LogP contribution in [0.15, 0.2) is 24.3 Å². The minimum absolute atomic E-state index is 0.00799. The third-order valence-electron chi connectivity index (χ3n) is 16.8. The van der Waals surface area contributed by atoms with Crippen molar-refractivity contribution in [2.45, 2.75) is 391 Å². The number of hydrogen-bond donors (Lipinski definition) is 6. The Labute approximate surface area is 499 Å². The summed E-state index contributed by atoms with van der Waals surface area (Å²) >= 11 is 0. The molecule has 1 heterocycles. The van der Waals surface area contributed by atoms with Crippen LogP contribution in [0.25, 0.3) is 0 Å². The van der Waals surface area contributed by atoms with E-state index in [0.717, 1.165) is 57.8 Å². The molecule has 11 nitrogen and oxygen atoms in total. The van der Waals surface area contributed by atoms with E-state index >= 15 is 0 Å². The summed E-state index contributed by atoms with van der Waals surface area (Å²) in [5.74, 6) is -0.171. The molecule has 0 aromatic rings. The average Bonchev–Trinajstić information content (AvgIpc) is 3.47. The lowest BCUT2D eigenvalue weighted by molar-refractivity contribution is -0.302. The maximum absolute atomic E-state index is 13.1. The maximum Gasteiger partial charge on any atom is 0.305 e. The Morgan fingerprint density at radius 1 is 0.444 bits per heavy atom. The molecular weight excluding hydrogens is 1010 g/mol. The van der Waals surface area contributed by atoms with Gasteiger partial charge in [0.05, 0.1) is 32.0 Å². The van der Waals surface area contributed by atoms with E-state index in [2.05, 4.69) is 31.3 Å². The number of unbranched alkanes of at least 4 members (excludes halogenated alkanes) is 46. The van der Waals surface area contributed by atoms with Gasteiger partial charge in [-0.3, -0.25) is 9.59 Å². The van der Waals surface area contributed by atoms with Crippen molar-refractivity contribution in [3.63, 3.8) is 0 Å². The molecular formula is C70H133NO10. The minimum atomic E-state index is -1.57. The molecule has 0 aromatic heterocycles. The van der Waals surface area contributed by atoms with Crippen molar-refractivity contribution in [1.82, 2.24) is 5.32 Å². The summed E-state index contributed by atoms with van der Waals surface area (Å²) in [5, 5.41) is 54.5. The Balaban J connectivity index is 1.98. The van der Waals surface area contributed by atoms with Gasteiger partial charge in [-0.15, -0.1) is 0 Å². The molecule has 0 saturated carbocycles. The van der Waals surface area contributed by atoms with Crippen molar-refractivity contribution in [1.29, 1.82) is 0 Å². The van der Waals surface area contributed by atoms with E-state index in [0.29, 0.717) is 19.4 Å². The molecule has 478 valence electrons. The largest absolute Gasteiger partial charge is 0.466 e. The molecule has 0 radical (unpaired) electrons. The van der Waals surface area contributed by atoms with Gasteiger partial charge < -0.3 is 45.1 Å². The fourth-order valence-electron chi connectivity index (χ4n) is 11.3. The number of nitrogens with one attached hydrogen (secondary N) is 1. The van der Waals surface area contributed by atoms with Crippen molar-refractivity contribution in [2.24, 2.45) is 0 Å². The van der Waals surface area contributed by atoms with Crippen LogP contribution in [-0.2, 0) is 23.8 Å². The maximum atomic E-state index is 13.1. The number of rotatable bonds is 62. The molecule has 1 aliphatic rings. The quantitative estimate of drug-likeness (QED) is 0.0195. The minimum Gasteiger partial charge on any atom is -0.466 e. The molecule has 1 amide bonds. The summed E-state index contributed by atoms with van der Waals surface area (Å²) in [7, 11) is 0. The molecule has 7 unspecified atom stereocenters. The SMILES string of the molecule is CCCCCCCCCCCCC/C=C/C(O)C(COC1OC(CO)C(O)C(O)C1O)NC(=O)CCCCCCCCCCCCCCC/C=C\CCCCCCCCCCCCCCOC(=O)CCCCCCCCCCCCC. The molecule has 1 aliphatic heterocycles. The second-order valence-electron chi connectivity index (χ2n) is 24.6. The van der Waals surface area contributed by atoms with Gasteiger partial charge >= 0.3 is 5.97 Å². The summed E-state index contributed by atoms with van der Waals surface area (Å²) in [5.41, 5.74) is 0. The van der Waals surface area contributed by atoms with Gasteiger partial charge in [0, 0.05) is 12.8 Å². The molecule has 0 aliphatic carbocycles. The zero-order valence-corrected chi connectivity index (χ0v) is 53.0. The van der Waals surface area contributed by atoms with Crippen LogP contribution in [0.1, 0.15) is 348 Å². The highest BCUT2D eigenvalue weighted by Gasteiger charge is 2.44. The molecule has 1 rings (SSSR count). The summed E-state index contributed by atoms with van der Waals surface area (Å²) in [6.45, 7) is 4.37. The second-order valence-corrected chi connectivity index (χ2v) is 24.6. The van der Waals surface area contributed by atoms with E-state index in [1.54, 1.807) is 6.08 Å². The van der Waals surface area contributed by atoms with Crippen LogP contribution >= 0.6 is 0 Å². The van der Waals surface area contributed by atoms with Gasteiger partial charge in [0.25, 0.3) is 0 Å². The highest BCUT2D eigenvalue weighted by Crippen LogP contribution is 2.23. The monoisotopic (exact) mass is 1150 g/mol. The number of esters is 1. The van der Waals surface area contributed by atoms with Crippen molar-refractivity contribution in [3.8, 4) is 0 Å². The van der Waals surface area contributed by atoms with Crippen LogP contribution in [-0.4, -0.2) is 100 Å². The summed E-state index contributed by atoms with van der Waals surface area (Å²) < 4.78 is 16.7. The normalized spacial score (nSPS) is 18.3. The second kappa shape index (κ2) is 59.9. The van der Waals surface area contributed by atoms with Gasteiger partial charge in [0.15, 0.2) is 6.29 Å². The molecule has 11 heteroatoms. The number of aliphatic hydroxyl groups is 5. The van der Waals surface area contributed by atoms with Crippen molar-refractivity contribution >= 4 is 11.9 Å². The number of hydrogen-bond acceptors (Lipinski definition) is 10. The average molecular weight is 1150 g/mol. The summed E-state index contributed by atoms with van der Waals surface area (Å²) in [6, 6.07) is -0.809. The smallest absolute Gasteiger partial charge is 0.305 e. The zero-order chi connectivity index (χ0) is 58.7. The molecule has 0 spiro atoms. The van der Waals surface area contributed by atoms with Crippen LogP contribution in [0.5, 0.6) is 0 Å². The molecule has 0 aromatic carbocycles. The lowest BCUT2D eigenvalue weighted by atomic mass is 9.99. The number of aliphatic hydroxyl groups excluding tert-OH is 5. The lowest BCUT2D eigenvalue weighted by Gasteiger charge is -2.40. The zero-order valence-electron chi connectivity index (χ0n) is 53.0. The van der Waals surface area contributed by atoms with E-state index in [4.69, 9.17) is 14.2 Å². The third-order valence-corrected chi connectivity index (χ3v) is 16.8. The number of ether oxygens (including phenoxy) is 3. The summed E-state index contributed by atoms with van der Waals surface area (Å²) in [4.78, 5) is 25.1. The predicted molar refractivity (Wildman–Crippen MR) is 338 cm³/mol. The van der Waals surface area contributed by atoms with Crippen LogP contribution < -0.4 is 5.32 Å². The molecule has 6 N–H and O–H groups in total. The van der Waals surface area contributed by atoms with Gasteiger partial charge in [0.2, 0.25) is 5.91 Å². The van der Waals surface area contributed by atoms with Crippen molar-refractivity contribution in [3.05, 3.63) is 24.3 Å². The highest BCUT2D eigenvalue weighted by atomic mass is 16.7. The molecule has 0 bridgehead atoms. The van der Waals surface area contributed by atoms with Gasteiger partial charge in [-0.2, -0.15) is 0 Å². The van der Waals surface area contributed by atoms with Gasteiger partial charge in [-0.1, -0.05) is 301 Å². The molecule has 81 heavy (non-hydrogen) atoms. The Bertz CT molecular complexity index is 1390. The molecule has 1 saturated heterocycles. The van der Waals surface area contributed by atoms with E-state index in [9.17, 15) is 35.1 Å². The van der Waals surface area contributed by atoms with Gasteiger partial charge in [-0.25, -0.2) is 0 Å². The van der Waals surface area contributed by atoms with E-state index in [-0.39, 0.29) is 18.5 Å². The Morgan fingerprint density at radius 3 is 1.19 bits per heavy atom. The lowest BCUT2D eigenvalue weighted by Crippen LogP contribution is -2.60. The first-order valence-corrected chi connectivity index (χ1v) is 35.1. The Morgan fingerprint density at radius 2 is 0.790 bits per heavy atom. The van der Waals surface area contributed by atoms with E-state index in [1.807, 2.05) is 6.08 Å². The van der Waals surface area contributed by atoms with Crippen molar-refractivity contribution in [2.75, 3.05) is 19.8 Å². The first-order valence-electron chi connectivity index (χ1n) is 35.1. The van der Waals surface area contributed by atoms with Gasteiger partial charge in [-0.05, 0) is 57.8 Å². The Kier molecular flexibility index (Phi) is 57.0. The van der Waals surface area contributed by atoms with Crippen LogP contribution in [0.3, 0.4) is 0 Å². The van der Waals surface area contributed by atoms with Crippen LogP contribution in [0, 0.1) is 0 Å². The number of carbonyl (C=O) groups is 2. The number of amides is 1. The third kappa shape index (κ3) is 49.0. The first kappa shape index (κ1) is 77.2. The van der Waals surface area contributed by atoms with Crippen molar-refractivity contribution < 1.29 is 49.3 Å². The molecule has 7 atom stereocenters. The predicted octanol–water partition coefficient (Wildman–Crippen LogP) is 17.6. The van der Waals surface area contributed by atoms with E-state index < -0.39 is 49.5 Å². The van der Waals surface area contributed by atoms with Gasteiger partial charge in [0.1, 0.15) is 24.4 Å². The summed E-state index contributed by atoms with van der Waals surface area (Å²) in [6.07, 6.45) is 64.4. The van der Waals surface area contributed by atoms with Crippen LogP contribution in [0.4, 0.5) is 0 Å². The number of carbonyl (C=O) groups excluding carboxylic acids is 2. The standard InChI is InChI=1S/C70H133NO10/c1-3-5-7-9-11-13-15-33-37-40-44-48-52-56-63(73)62(61-80-70-69(78)68(77)67(76)64(60-72)81-70)71-65(74)57-53-49-45-41-38-34-31-29-27-25-23-21-19-17-16-18-20-22-24-26-28-30-32-35-39-43-47-51-55-59-79-66(75)58-54-50-46-42-36-14-12-10-8-6-4-2/h16,18,52,56,62-64,67-70,72-73,76-78H,3-15,17,19-51,53-55,57-61H2,1-2H3,(H,71,74)/b18-16-,56-52+. The first-order chi connectivity index (χ1) is 39.7. The van der Waals surface area contributed by atoms with Crippen LogP contribution in [0.2, 0.25) is 0 Å². The fraction of sp³-hybridized carbons (Fsp3) is 0.914. The molecule has 1 fully saturated rings. The fourth-order valence-corrected chi connectivity index (χ4v) is 11.3.